The lowest BCUT2D eigenvalue weighted by molar-refractivity contribution is -0.141. The molecule has 18 heavy (non-hydrogen) atoms. The molecule has 0 aromatic heterocycles. The standard InChI is InChI=1S/C14H19NO3/c1-10(11-7-5-4-6-8-11)13(12(17)9-16)14(18)15(2)3/h4-8,10,13,16H,9H2,1-3H3/t10-,13-/m1/s1. The van der Waals surface area contributed by atoms with Gasteiger partial charge in [0.1, 0.15) is 12.5 Å². The molecular formula is C14H19NO3. The van der Waals surface area contributed by atoms with E-state index in [9.17, 15) is 9.59 Å². The molecule has 98 valence electrons. The molecule has 0 spiro atoms. The molecule has 0 aliphatic carbocycles. The zero-order chi connectivity index (χ0) is 13.7. The summed E-state index contributed by atoms with van der Waals surface area (Å²) in [6.45, 7) is 1.22. The Balaban J connectivity index is 3.04. The third-order valence-corrected chi connectivity index (χ3v) is 3.03. The third-order valence-electron chi connectivity index (χ3n) is 3.03. The molecule has 0 aliphatic rings. The van der Waals surface area contributed by atoms with Crippen LogP contribution in [0.1, 0.15) is 18.4 Å². The summed E-state index contributed by atoms with van der Waals surface area (Å²) < 4.78 is 0. The van der Waals surface area contributed by atoms with Crippen LogP contribution in [0, 0.1) is 5.92 Å². The zero-order valence-corrected chi connectivity index (χ0v) is 11.0. The van der Waals surface area contributed by atoms with Crippen molar-refractivity contribution < 1.29 is 14.7 Å². The quantitative estimate of drug-likeness (QED) is 0.794. The molecule has 1 aromatic rings. The summed E-state index contributed by atoms with van der Waals surface area (Å²) in [5, 5.41) is 9.01. The van der Waals surface area contributed by atoms with Crippen LogP contribution in [-0.4, -0.2) is 42.4 Å². The van der Waals surface area contributed by atoms with E-state index in [1.54, 1.807) is 14.1 Å². The van der Waals surface area contributed by atoms with E-state index in [4.69, 9.17) is 5.11 Å². The monoisotopic (exact) mass is 249 g/mol. The van der Waals surface area contributed by atoms with Crippen molar-refractivity contribution in [1.29, 1.82) is 0 Å². The minimum Gasteiger partial charge on any atom is -0.389 e. The van der Waals surface area contributed by atoms with Gasteiger partial charge in [0, 0.05) is 14.1 Å². The number of hydrogen-bond donors (Lipinski definition) is 1. The normalized spacial score (nSPS) is 13.8. The van der Waals surface area contributed by atoms with E-state index in [2.05, 4.69) is 0 Å². The molecule has 0 saturated heterocycles. The van der Waals surface area contributed by atoms with Crippen molar-refractivity contribution in [3.05, 3.63) is 35.9 Å². The summed E-state index contributed by atoms with van der Waals surface area (Å²) >= 11 is 0. The topological polar surface area (TPSA) is 57.6 Å². The Labute approximate surface area is 107 Å². The number of nitrogens with zero attached hydrogens (tertiary/aromatic N) is 1. The molecule has 0 heterocycles. The SMILES string of the molecule is C[C@H](c1ccccc1)[C@H](C(=O)CO)C(=O)N(C)C. The third kappa shape index (κ3) is 3.17. The molecule has 4 heteroatoms. The van der Waals surface area contributed by atoms with Crippen LogP contribution in [0.5, 0.6) is 0 Å². The number of aliphatic hydroxyl groups is 1. The van der Waals surface area contributed by atoms with Gasteiger partial charge < -0.3 is 10.0 Å². The van der Waals surface area contributed by atoms with Gasteiger partial charge in [0.25, 0.3) is 0 Å². The average molecular weight is 249 g/mol. The second kappa shape index (κ2) is 6.31. The van der Waals surface area contributed by atoms with Crippen molar-refractivity contribution in [2.45, 2.75) is 12.8 Å². The van der Waals surface area contributed by atoms with E-state index in [0.717, 1.165) is 5.56 Å². The molecule has 0 fully saturated rings. The number of carbonyl (C=O) groups excluding carboxylic acids is 2. The lowest BCUT2D eigenvalue weighted by atomic mass is 9.84. The summed E-state index contributed by atoms with van der Waals surface area (Å²) in [4.78, 5) is 25.2. The fourth-order valence-electron chi connectivity index (χ4n) is 1.96. The molecule has 1 N–H and O–H groups in total. The van der Waals surface area contributed by atoms with Crippen LogP contribution in [0.3, 0.4) is 0 Å². The number of amides is 1. The highest BCUT2D eigenvalue weighted by Crippen LogP contribution is 2.26. The molecule has 1 aromatic carbocycles. The Bertz CT molecular complexity index is 414. The van der Waals surface area contributed by atoms with Gasteiger partial charge in [0.2, 0.25) is 5.91 Å². The van der Waals surface area contributed by atoms with E-state index in [1.165, 1.54) is 4.90 Å². The molecule has 0 saturated carbocycles. The Morgan fingerprint density at radius 1 is 1.22 bits per heavy atom. The highest BCUT2D eigenvalue weighted by atomic mass is 16.3. The molecule has 0 bridgehead atoms. The van der Waals surface area contributed by atoms with Crippen LogP contribution in [-0.2, 0) is 9.59 Å². The van der Waals surface area contributed by atoms with Crippen molar-refractivity contribution in [3.8, 4) is 0 Å². The molecule has 0 unspecified atom stereocenters. The molecule has 0 aliphatic heterocycles. The van der Waals surface area contributed by atoms with Gasteiger partial charge in [-0.2, -0.15) is 0 Å². The fourth-order valence-corrected chi connectivity index (χ4v) is 1.96. The predicted molar refractivity (Wildman–Crippen MR) is 69.1 cm³/mol. The largest absolute Gasteiger partial charge is 0.389 e. The summed E-state index contributed by atoms with van der Waals surface area (Å²) in [5.74, 6) is -1.79. The number of carbonyl (C=O) groups is 2. The summed E-state index contributed by atoms with van der Waals surface area (Å²) in [7, 11) is 3.22. The Kier molecular flexibility index (Phi) is 5.04. The molecule has 0 radical (unpaired) electrons. The Morgan fingerprint density at radius 3 is 2.22 bits per heavy atom. The van der Waals surface area contributed by atoms with Gasteiger partial charge in [-0.05, 0) is 11.5 Å². The first-order chi connectivity index (χ1) is 8.49. The smallest absolute Gasteiger partial charge is 0.233 e. The molecule has 1 rings (SSSR count). The van der Waals surface area contributed by atoms with Gasteiger partial charge in [-0.25, -0.2) is 0 Å². The van der Waals surface area contributed by atoms with Crippen molar-refractivity contribution in [3.63, 3.8) is 0 Å². The molecule has 4 nitrogen and oxygen atoms in total. The Morgan fingerprint density at radius 2 is 1.78 bits per heavy atom. The minimum absolute atomic E-state index is 0.249. The minimum atomic E-state index is -0.826. The fraction of sp³-hybridized carbons (Fsp3) is 0.429. The maximum Gasteiger partial charge on any atom is 0.233 e. The van der Waals surface area contributed by atoms with Crippen LogP contribution in [0.2, 0.25) is 0 Å². The van der Waals surface area contributed by atoms with Gasteiger partial charge in [0.15, 0.2) is 5.78 Å². The van der Waals surface area contributed by atoms with Crippen LogP contribution in [0.25, 0.3) is 0 Å². The van der Waals surface area contributed by atoms with Crippen LogP contribution >= 0.6 is 0 Å². The average Bonchev–Trinajstić information content (AvgIpc) is 2.39. The molecule has 2 atom stereocenters. The first kappa shape index (κ1) is 14.4. The van der Waals surface area contributed by atoms with Gasteiger partial charge in [0.05, 0.1) is 0 Å². The maximum absolute atomic E-state index is 12.1. The van der Waals surface area contributed by atoms with Gasteiger partial charge in [-0.15, -0.1) is 0 Å². The first-order valence-electron chi connectivity index (χ1n) is 5.88. The highest BCUT2D eigenvalue weighted by Gasteiger charge is 2.33. The maximum atomic E-state index is 12.1. The molecule has 1 amide bonds. The molecular weight excluding hydrogens is 230 g/mol. The van der Waals surface area contributed by atoms with Gasteiger partial charge >= 0.3 is 0 Å². The number of ketones is 1. The number of rotatable bonds is 5. The summed E-state index contributed by atoms with van der Waals surface area (Å²) in [6.07, 6.45) is 0. The van der Waals surface area contributed by atoms with Crippen LogP contribution in [0.4, 0.5) is 0 Å². The number of Topliss-reactive ketones (excluding diaryl/α,β-unsaturated/α-hetero) is 1. The second-order valence-electron chi connectivity index (χ2n) is 4.53. The lowest BCUT2D eigenvalue weighted by Crippen LogP contribution is -2.38. The van der Waals surface area contributed by atoms with E-state index in [-0.39, 0.29) is 11.8 Å². The summed E-state index contributed by atoms with van der Waals surface area (Å²) in [6, 6.07) is 9.38. The second-order valence-corrected chi connectivity index (χ2v) is 4.53. The van der Waals surface area contributed by atoms with E-state index in [0.29, 0.717) is 0 Å². The van der Waals surface area contributed by atoms with E-state index >= 15 is 0 Å². The predicted octanol–water partition coefficient (Wildman–Crippen LogP) is 1.06. The van der Waals surface area contributed by atoms with Crippen molar-refractivity contribution in [2.24, 2.45) is 5.92 Å². The first-order valence-corrected chi connectivity index (χ1v) is 5.88. The van der Waals surface area contributed by atoms with Crippen molar-refractivity contribution in [2.75, 3.05) is 20.7 Å². The van der Waals surface area contributed by atoms with E-state index < -0.39 is 18.3 Å². The van der Waals surface area contributed by atoms with Crippen LogP contribution in [0.15, 0.2) is 30.3 Å². The van der Waals surface area contributed by atoms with Gasteiger partial charge in [-0.3, -0.25) is 9.59 Å². The highest BCUT2D eigenvalue weighted by molar-refractivity contribution is 6.02. The lowest BCUT2D eigenvalue weighted by Gasteiger charge is -2.24. The van der Waals surface area contributed by atoms with Crippen LogP contribution < -0.4 is 0 Å². The number of aliphatic hydroxyl groups excluding tert-OH is 1. The number of benzene rings is 1. The number of hydrogen-bond acceptors (Lipinski definition) is 3. The van der Waals surface area contributed by atoms with E-state index in [1.807, 2.05) is 37.3 Å². The van der Waals surface area contributed by atoms with Gasteiger partial charge in [-0.1, -0.05) is 37.3 Å². The Hall–Kier alpha value is -1.68. The van der Waals surface area contributed by atoms with Crippen molar-refractivity contribution >= 4 is 11.7 Å². The zero-order valence-electron chi connectivity index (χ0n) is 11.0. The summed E-state index contributed by atoms with van der Waals surface area (Å²) in [5.41, 5.74) is 0.916. The van der Waals surface area contributed by atoms with Crippen molar-refractivity contribution in [1.82, 2.24) is 4.90 Å².